The van der Waals surface area contributed by atoms with Crippen molar-refractivity contribution in [3.05, 3.63) is 132 Å². The molecule has 39 heavy (non-hydrogen) atoms. The topological polar surface area (TPSA) is 44.9 Å². The minimum atomic E-state index is 0.747. The van der Waals surface area contributed by atoms with Gasteiger partial charge in [-0.2, -0.15) is 10.2 Å². The Morgan fingerprint density at radius 1 is 0.487 bits per heavy atom. The summed E-state index contributed by atoms with van der Waals surface area (Å²) in [5, 5.41) is 9.71. The van der Waals surface area contributed by atoms with Gasteiger partial charge in [0.1, 0.15) is 11.5 Å². The van der Waals surface area contributed by atoms with Crippen molar-refractivity contribution in [2.45, 2.75) is 27.7 Å². The standard InChI is InChI=1S/C34H30N4O/c1-23-33(27-13-7-5-8-14-27)25(3)37(35-23)29-17-11-19-31(21-29)39-32-20-12-18-30(22-32)38-26(4)34(24(2)36-38)28-15-9-6-10-16-28/h5-22H,1-4H3. The summed E-state index contributed by atoms with van der Waals surface area (Å²) in [5.41, 5.74) is 10.8. The van der Waals surface area contributed by atoms with E-state index < -0.39 is 0 Å². The fourth-order valence-electron chi connectivity index (χ4n) is 5.33. The van der Waals surface area contributed by atoms with Crippen molar-refractivity contribution in [2.75, 3.05) is 0 Å². The number of hydrogen-bond donors (Lipinski definition) is 0. The number of rotatable bonds is 6. The average molecular weight is 511 g/mol. The molecule has 0 bridgehead atoms. The SMILES string of the molecule is Cc1nn(-c2cccc(Oc3cccc(-n4nc(C)c(-c5ccccc5)c4C)c3)c2)c(C)c1-c1ccccc1. The van der Waals surface area contributed by atoms with Gasteiger partial charge in [-0.25, -0.2) is 9.36 Å². The van der Waals surface area contributed by atoms with Crippen molar-refractivity contribution < 1.29 is 4.74 Å². The molecule has 0 saturated carbocycles. The van der Waals surface area contributed by atoms with Gasteiger partial charge in [0.2, 0.25) is 0 Å². The zero-order valence-corrected chi connectivity index (χ0v) is 22.6. The molecule has 0 atom stereocenters. The molecule has 0 amide bonds. The second kappa shape index (κ2) is 10.1. The molecule has 0 aliphatic heterocycles. The molecule has 5 heteroatoms. The van der Waals surface area contributed by atoms with Crippen LogP contribution in [-0.4, -0.2) is 19.6 Å². The van der Waals surface area contributed by atoms with Crippen molar-refractivity contribution >= 4 is 0 Å². The molecule has 0 fully saturated rings. The molecule has 5 nitrogen and oxygen atoms in total. The molecule has 4 aromatic carbocycles. The second-order valence-electron chi connectivity index (χ2n) is 9.74. The molecule has 2 heterocycles. The number of ether oxygens (including phenoxy) is 1. The first-order valence-electron chi connectivity index (χ1n) is 13.1. The van der Waals surface area contributed by atoms with Crippen LogP contribution >= 0.6 is 0 Å². The van der Waals surface area contributed by atoms with Gasteiger partial charge in [-0.3, -0.25) is 0 Å². The van der Waals surface area contributed by atoms with Crippen molar-refractivity contribution in [3.63, 3.8) is 0 Å². The third-order valence-corrected chi connectivity index (χ3v) is 7.07. The van der Waals surface area contributed by atoms with Gasteiger partial charge in [0, 0.05) is 34.6 Å². The lowest BCUT2D eigenvalue weighted by molar-refractivity contribution is 0.481. The van der Waals surface area contributed by atoms with Crippen LogP contribution in [0.2, 0.25) is 0 Å². The van der Waals surface area contributed by atoms with E-state index in [0.717, 1.165) is 56.8 Å². The number of benzene rings is 4. The Bertz CT molecular complexity index is 1630. The van der Waals surface area contributed by atoms with Crippen molar-refractivity contribution in [2.24, 2.45) is 0 Å². The number of aromatic nitrogens is 4. The highest BCUT2D eigenvalue weighted by molar-refractivity contribution is 5.70. The van der Waals surface area contributed by atoms with Crippen LogP contribution in [0.5, 0.6) is 11.5 Å². The van der Waals surface area contributed by atoms with Gasteiger partial charge in [-0.1, -0.05) is 72.8 Å². The monoisotopic (exact) mass is 510 g/mol. The van der Waals surface area contributed by atoms with E-state index in [2.05, 4.69) is 88.4 Å². The van der Waals surface area contributed by atoms with Crippen LogP contribution in [0.1, 0.15) is 22.8 Å². The van der Waals surface area contributed by atoms with E-state index >= 15 is 0 Å². The molecule has 0 aliphatic rings. The molecule has 6 aromatic rings. The van der Waals surface area contributed by atoms with Gasteiger partial charge in [-0.05, 0) is 63.1 Å². The lowest BCUT2D eigenvalue weighted by atomic mass is 10.0. The summed E-state index contributed by atoms with van der Waals surface area (Å²) < 4.78 is 10.3. The first kappa shape index (κ1) is 24.4. The molecule has 0 unspecified atom stereocenters. The van der Waals surface area contributed by atoms with Gasteiger partial charge in [0.15, 0.2) is 0 Å². The number of aryl methyl sites for hydroxylation is 2. The van der Waals surface area contributed by atoms with Crippen LogP contribution in [0.15, 0.2) is 109 Å². The molecular formula is C34H30N4O. The van der Waals surface area contributed by atoms with E-state index in [-0.39, 0.29) is 0 Å². The Morgan fingerprint density at radius 2 is 0.897 bits per heavy atom. The highest BCUT2D eigenvalue weighted by Gasteiger charge is 2.16. The fourth-order valence-corrected chi connectivity index (χ4v) is 5.33. The van der Waals surface area contributed by atoms with Crippen molar-refractivity contribution in [3.8, 4) is 45.1 Å². The molecule has 0 spiro atoms. The van der Waals surface area contributed by atoms with E-state index in [4.69, 9.17) is 14.9 Å². The summed E-state index contributed by atoms with van der Waals surface area (Å²) in [6.07, 6.45) is 0. The maximum atomic E-state index is 6.34. The van der Waals surface area contributed by atoms with Crippen LogP contribution in [0.4, 0.5) is 0 Å². The van der Waals surface area contributed by atoms with Crippen LogP contribution in [0.3, 0.4) is 0 Å². The summed E-state index contributed by atoms with van der Waals surface area (Å²) in [6.45, 7) is 8.33. The third-order valence-electron chi connectivity index (χ3n) is 7.07. The summed E-state index contributed by atoms with van der Waals surface area (Å²) in [4.78, 5) is 0. The summed E-state index contributed by atoms with van der Waals surface area (Å²) in [6, 6.07) is 36.9. The zero-order chi connectivity index (χ0) is 26.9. The maximum Gasteiger partial charge on any atom is 0.129 e. The van der Waals surface area contributed by atoms with Crippen LogP contribution < -0.4 is 4.74 Å². The third kappa shape index (κ3) is 4.64. The summed E-state index contributed by atoms with van der Waals surface area (Å²) in [7, 11) is 0. The van der Waals surface area contributed by atoms with Gasteiger partial charge in [-0.15, -0.1) is 0 Å². The van der Waals surface area contributed by atoms with Crippen LogP contribution in [0, 0.1) is 27.7 Å². The highest BCUT2D eigenvalue weighted by Crippen LogP contribution is 2.32. The molecule has 192 valence electrons. The Morgan fingerprint density at radius 3 is 1.31 bits per heavy atom. The smallest absolute Gasteiger partial charge is 0.129 e. The predicted molar refractivity (Wildman–Crippen MR) is 157 cm³/mol. The largest absolute Gasteiger partial charge is 0.457 e. The molecule has 2 aromatic heterocycles. The van der Waals surface area contributed by atoms with E-state index in [1.165, 1.54) is 11.1 Å². The molecule has 0 saturated heterocycles. The van der Waals surface area contributed by atoms with E-state index in [1.54, 1.807) is 0 Å². The zero-order valence-electron chi connectivity index (χ0n) is 22.6. The van der Waals surface area contributed by atoms with E-state index in [1.807, 2.05) is 57.9 Å². The minimum absolute atomic E-state index is 0.747. The Kier molecular flexibility index (Phi) is 6.33. The molecule has 0 radical (unpaired) electrons. The van der Waals surface area contributed by atoms with E-state index in [0.29, 0.717) is 0 Å². The highest BCUT2D eigenvalue weighted by atomic mass is 16.5. The second-order valence-corrected chi connectivity index (χ2v) is 9.74. The summed E-state index contributed by atoms with van der Waals surface area (Å²) in [5.74, 6) is 1.49. The van der Waals surface area contributed by atoms with Gasteiger partial charge in [0.25, 0.3) is 0 Å². The normalized spacial score (nSPS) is 11.1. The van der Waals surface area contributed by atoms with Crippen LogP contribution in [0.25, 0.3) is 33.6 Å². The molecule has 0 N–H and O–H groups in total. The van der Waals surface area contributed by atoms with E-state index in [9.17, 15) is 0 Å². The summed E-state index contributed by atoms with van der Waals surface area (Å²) >= 11 is 0. The molecule has 0 aliphatic carbocycles. The fraction of sp³-hybridized carbons (Fsp3) is 0.118. The lowest BCUT2D eigenvalue weighted by Gasteiger charge is -2.11. The Labute approximate surface area is 229 Å². The predicted octanol–water partition coefficient (Wildman–Crippen LogP) is 8.42. The Hall–Kier alpha value is -4.90. The average Bonchev–Trinajstić information content (AvgIpc) is 3.43. The minimum Gasteiger partial charge on any atom is -0.457 e. The Balaban J connectivity index is 1.30. The first-order valence-corrected chi connectivity index (χ1v) is 13.1. The first-order chi connectivity index (χ1) is 19.0. The molecular weight excluding hydrogens is 480 g/mol. The van der Waals surface area contributed by atoms with Gasteiger partial charge in [0.05, 0.1) is 22.8 Å². The lowest BCUT2D eigenvalue weighted by Crippen LogP contribution is -2.00. The number of hydrogen-bond acceptors (Lipinski definition) is 3. The molecule has 6 rings (SSSR count). The van der Waals surface area contributed by atoms with Crippen molar-refractivity contribution in [1.29, 1.82) is 0 Å². The maximum absolute atomic E-state index is 6.34. The van der Waals surface area contributed by atoms with Crippen molar-refractivity contribution in [1.82, 2.24) is 19.6 Å². The van der Waals surface area contributed by atoms with Gasteiger partial charge >= 0.3 is 0 Å². The van der Waals surface area contributed by atoms with Crippen LogP contribution in [-0.2, 0) is 0 Å². The van der Waals surface area contributed by atoms with Gasteiger partial charge < -0.3 is 4.74 Å². The number of nitrogens with zero attached hydrogens (tertiary/aromatic N) is 4. The quantitative estimate of drug-likeness (QED) is 0.226.